The van der Waals surface area contributed by atoms with E-state index in [-0.39, 0.29) is 18.4 Å². The van der Waals surface area contributed by atoms with E-state index in [1.54, 1.807) is 23.0 Å². The van der Waals surface area contributed by atoms with Crippen LogP contribution in [0.15, 0.2) is 48.8 Å². The van der Waals surface area contributed by atoms with E-state index in [0.29, 0.717) is 11.6 Å². The molecule has 0 radical (unpaired) electrons. The van der Waals surface area contributed by atoms with Gasteiger partial charge in [-0.2, -0.15) is 4.98 Å². The van der Waals surface area contributed by atoms with Gasteiger partial charge in [-0.05, 0) is 37.3 Å². The van der Waals surface area contributed by atoms with Crippen LogP contribution in [-0.2, 0) is 17.6 Å². The molecule has 0 spiro atoms. The number of likely N-dealkylation sites (tertiary alicyclic amines) is 1. The molecule has 0 saturated carbocycles. The maximum absolute atomic E-state index is 12.9. The summed E-state index contributed by atoms with van der Waals surface area (Å²) in [7, 11) is 0. The Kier molecular flexibility index (Phi) is 4.41. The van der Waals surface area contributed by atoms with Crippen molar-refractivity contribution in [2.45, 2.75) is 38.1 Å². The number of hydrogen-bond acceptors (Lipinski definition) is 4. The van der Waals surface area contributed by atoms with E-state index in [1.165, 1.54) is 12.0 Å². The Morgan fingerprint density at radius 1 is 1.16 bits per heavy atom. The lowest BCUT2D eigenvalue weighted by molar-refractivity contribution is -0.134. The average Bonchev–Trinajstić information content (AvgIpc) is 3.05. The second-order valence-corrected chi connectivity index (χ2v) is 6.50. The molecule has 128 valence electrons. The second-order valence-electron chi connectivity index (χ2n) is 6.50. The Morgan fingerprint density at radius 3 is 2.88 bits per heavy atom. The van der Waals surface area contributed by atoms with Crippen LogP contribution in [0, 0.1) is 0 Å². The van der Waals surface area contributed by atoms with Gasteiger partial charge >= 0.3 is 0 Å². The highest BCUT2D eigenvalue weighted by Gasteiger charge is 2.27. The predicted octanol–water partition coefficient (Wildman–Crippen LogP) is 2.29. The van der Waals surface area contributed by atoms with Gasteiger partial charge in [0.2, 0.25) is 5.91 Å². The van der Waals surface area contributed by atoms with Crippen molar-refractivity contribution in [2.75, 3.05) is 6.54 Å². The number of hydrogen-bond donors (Lipinski definition) is 0. The normalized spacial score (nSPS) is 17.8. The number of benzene rings is 1. The van der Waals surface area contributed by atoms with Gasteiger partial charge < -0.3 is 4.90 Å². The predicted molar refractivity (Wildman–Crippen MR) is 94.0 cm³/mol. The third kappa shape index (κ3) is 3.52. The first-order valence-electron chi connectivity index (χ1n) is 8.79. The Hall–Kier alpha value is -2.76. The minimum Gasteiger partial charge on any atom is -0.339 e. The summed E-state index contributed by atoms with van der Waals surface area (Å²) in [6.45, 7) is 0.821. The van der Waals surface area contributed by atoms with Crippen molar-refractivity contribution in [3.8, 4) is 0 Å². The number of aromatic nitrogens is 4. The second kappa shape index (κ2) is 7.01. The van der Waals surface area contributed by atoms with Crippen LogP contribution in [0.3, 0.4) is 0 Å². The fraction of sp³-hybridized carbons (Fsp3) is 0.368. The van der Waals surface area contributed by atoms with Gasteiger partial charge in [-0.15, -0.1) is 5.10 Å². The summed E-state index contributed by atoms with van der Waals surface area (Å²) in [4.78, 5) is 23.4. The van der Waals surface area contributed by atoms with Crippen LogP contribution >= 0.6 is 0 Å². The summed E-state index contributed by atoms with van der Waals surface area (Å²) in [6.07, 6.45) is 7.91. The zero-order valence-electron chi connectivity index (χ0n) is 14.1. The van der Waals surface area contributed by atoms with Crippen LogP contribution in [0.25, 0.3) is 5.78 Å². The van der Waals surface area contributed by atoms with Gasteiger partial charge in [-0.3, -0.25) is 4.79 Å². The highest BCUT2D eigenvalue weighted by Crippen LogP contribution is 2.21. The summed E-state index contributed by atoms with van der Waals surface area (Å²) >= 11 is 0. The van der Waals surface area contributed by atoms with Crippen molar-refractivity contribution in [3.05, 3.63) is 60.2 Å². The maximum Gasteiger partial charge on any atom is 0.252 e. The van der Waals surface area contributed by atoms with Crippen molar-refractivity contribution < 1.29 is 4.79 Å². The van der Waals surface area contributed by atoms with Crippen LogP contribution < -0.4 is 0 Å². The molecule has 0 aliphatic carbocycles. The summed E-state index contributed by atoms with van der Waals surface area (Å²) in [5, 5.41) is 4.35. The van der Waals surface area contributed by atoms with Gasteiger partial charge in [0, 0.05) is 25.0 Å². The maximum atomic E-state index is 12.9. The monoisotopic (exact) mass is 335 g/mol. The molecule has 6 heteroatoms. The van der Waals surface area contributed by atoms with Crippen LogP contribution in [-0.4, -0.2) is 43.0 Å². The van der Waals surface area contributed by atoms with Gasteiger partial charge in [0.25, 0.3) is 5.78 Å². The van der Waals surface area contributed by atoms with Crippen LogP contribution in [0.1, 0.15) is 30.7 Å². The number of carbonyl (C=O) groups excluding carboxylic acids is 1. The van der Waals surface area contributed by atoms with Crippen LogP contribution in [0.5, 0.6) is 0 Å². The molecule has 3 aromatic rings. The molecule has 0 bridgehead atoms. The van der Waals surface area contributed by atoms with Gasteiger partial charge in [0.15, 0.2) is 5.82 Å². The first-order chi connectivity index (χ1) is 12.3. The first-order valence-corrected chi connectivity index (χ1v) is 8.79. The van der Waals surface area contributed by atoms with E-state index in [9.17, 15) is 4.79 Å². The van der Waals surface area contributed by atoms with Crippen LogP contribution in [0.4, 0.5) is 0 Å². The van der Waals surface area contributed by atoms with E-state index in [4.69, 9.17) is 0 Å². The van der Waals surface area contributed by atoms with E-state index in [2.05, 4.69) is 39.3 Å². The molecule has 1 aromatic carbocycles. The molecular weight excluding hydrogens is 314 g/mol. The summed E-state index contributed by atoms with van der Waals surface area (Å²) < 4.78 is 1.61. The molecule has 1 fully saturated rings. The lowest BCUT2D eigenvalue weighted by Crippen LogP contribution is -2.45. The highest BCUT2D eigenvalue weighted by molar-refractivity contribution is 5.78. The third-order valence-electron chi connectivity index (χ3n) is 4.73. The number of fused-ring (bicyclic) bond motifs is 1. The largest absolute Gasteiger partial charge is 0.339 e. The van der Waals surface area contributed by atoms with Gasteiger partial charge in [-0.25, -0.2) is 9.50 Å². The number of rotatable bonds is 4. The van der Waals surface area contributed by atoms with Crippen molar-refractivity contribution in [2.24, 2.45) is 0 Å². The first kappa shape index (κ1) is 15.7. The van der Waals surface area contributed by atoms with Crippen LogP contribution in [0.2, 0.25) is 0 Å². The van der Waals surface area contributed by atoms with Gasteiger partial charge in [0.1, 0.15) is 0 Å². The van der Waals surface area contributed by atoms with E-state index < -0.39 is 0 Å². The number of carbonyl (C=O) groups is 1. The SMILES string of the molecule is O=C(Cc1nc2ncccn2n1)N1CCCC[C@@H]1Cc1ccccc1. The third-order valence-corrected chi connectivity index (χ3v) is 4.73. The lowest BCUT2D eigenvalue weighted by Gasteiger charge is -2.36. The molecule has 2 aromatic heterocycles. The van der Waals surface area contributed by atoms with E-state index >= 15 is 0 Å². The Balaban J connectivity index is 1.48. The Labute approximate surface area is 146 Å². The molecule has 6 nitrogen and oxygen atoms in total. The smallest absolute Gasteiger partial charge is 0.252 e. The molecule has 1 amide bonds. The fourth-order valence-corrected chi connectivity index (χ4v) is 3.51. The number of nitrogens with zero attached hydrogens (tertiary/aromatic N) is 5. The molecule has 4 rings (SSSR count). The standard InChI is InChI=1S/C19H21N5O/c25-18(14-17-21-19-20-10-6-12-24(19)22-17)23-11-5-4-9-16(23)13-15-7-2-1-3-8-15/h1-3,6-8,10,12,16H,4-5,9,11,13-14H2/t16-/m1/s1. The zero-order valence-corrected chi connectivity index (χ0v) is 14.1. The number of amides is 1. The quantitative estimate of drug-likeness (QED) is 0.734. The molecule has 1 aliphatic rings. The number of piperidine rings is 1. The lowest BCUT2D eigenvalue weighted by atomic mass is 9.95. The Bertz CT molecular complexity index is 827. The molecule has 25 heavy (non-hydrogen) atoms. The van der Waals surface area contributed by atoms with E-state index in [0.717, 1.165) is 25.8 Å². The molecule has 1 atom stereocenters. The van der Waals surface area contributed by atoms with Crippen molar-refractivity contribution in [3.63, 3.8) is 0 Å². The molecule has 0 unspecified atom stereocenters. The molecule has 1 aliphatic heterocycles. The summed E-state index contributed by atoms with van der Waals surface area (Å²) in [5.41, 5.74) is 1.28. The fourth-order valence-electron chi connectivity index (χ4n) is 3.51. The Morgan fingerprint density at radius 2 is 2.04 bits per heavy atom. The van der Waals surface area contributed by atoms with Crippen molar-refractivity contribution >= 4 is 11.7 Å². The summed E-state index contributed by atoms with van der Waals surface area (Å²) in [5.74, 6) is 1.18. The summed E-state index contributed by atoms with van der Waals surface area (Å²) in [6, 6.07) is 12.5. The highest BCUT2D eigenvalue weighted by atomic mass is 16.2. The molecular formula is C19H21N5O. The van der Waals surface area contributed by atoms with E-state index in [1.807, 2.05) is 11.0 Å². The average molecular weight is 335 g/mol. The zero-order chi connectivity index (χ0) is 17.1. The minimum atomic E-state index is 0.108. The van der Waals surface area contributed by atoms with Crippen molar-refractivity contribution in [1.29, 1.82) is 0 Å². The van der Waals surface area contributed by atoms with Gasteiger partial charge in [-0.1, -0.05) is 30.3 Å². The minimum absolute atomic E-state index is 0.108. The molecule has 1 saturated heterocycles. The molecule has 3 heterocycles. The molecule has 0 N–H and O–H groups in total. The topological polar surface area (TPSA) is 63.4 Å². The van der Waals surface area contributed by atoms with Gasteiger partial charge in [0.05, 0.1) is 6.42 Å². The van der Waals surface area contributed by atoms with Crippen molar-refractivity contribution in [1.82, 2.24) is 24.5 Å².